The van der Waals surface area contributed by atoms with Crippen LogP contribution in [0, 0.1) is 18.2 Å². The summed E-state index contributed by atoms with van der Waals surface area (Å²) in [6.45, 7) is 4.69. The van der Waals surface area contributed by atoms with E-state index < -0.39 is 12.0 Å². The number of esters is 1. The lowest BCUT2D eigenvalue weighted by Gasteiger charge is -2.20. The molecule has 1 aromatic carbocycles. The Labute approximate surface area is 149 Å². The number of likely N-dealkylation sites (N-methyl/N-ethyl adjacent to an activating group) is 1. The van der Waals surface area contributed by atoms with E-state index in [0.717, 1.165) is 0 Å². The van der Waals surface area contributed by atoms with Crippen LogP contribution in [-0.2, 0) is 14.3 Å². The molecule has 0 aliphatic heterocycles. The van der Waals surface area contributed by atoms with Crippen LogP contribution in [0.1, 0.15) is 38.3 Å². The number of carbonyl (C=O) groups excluding carboxylic acids is 2. The summed E-state index contributed by atoms with van der Waals surface area (Å²) in [5.74, 6) is 1.30. The van der Waals surface area contributed by atoms with Crippen molar-refractivity contribution < 1.29 is 18.7 Å². The largest absolute Gasteiger partial charge is 0.469 e. The molecule has 6 heteroatoms. The normalized spacial score (nSPS) is 10.9. The van der Waals surface area contributed by atoms with Crippen LogP contribution < -0.4 is 5.32 Å². The Hall–Kier alpha value is -2.39. The number of methoxy groups -OCH3 is 1. The summed E-state index contributed by atoms with van der Waals surface area (Å²) in [4.78, 5) is 25.1. The van der Waals surface area contributed by atoms with E-state index in [4.69, 9.17) is 6.42 Å². The molecule has 0 aliphatic rings. The van der Waals surface area contributed by atoms with Gasteiger partial charge in [0, 0.05) is 0 Å². The Kier molecular flexibility index (Phi) is 11.7. The van der Waals surface area contributed by atoms with Crippen molar-refractivity contribution >= 4 is 11.9 Å². The fraction of sp³-hybridized carbons (Fsp3) is 0.474. The molecule has 1 atom stereocenters. The van der Waals surface area contributed by atoms with Gasteiger partial charge in [-0.15, -0.1) is 6.42 Å². The van der Waals surface area contributed by atoms with Crippen molar-refractivity contribution in [3.8, 4) is 12.3 Å². The Morgan fingerprint density at radius 1 is 1.32 bits per heavy atom. The van der Waals surface area contributed by atoms with Crippen LogP contribution in [0.3, 0.4) is 0 Å². The summed E-state index contributed by atoms with van der Waals surface area (Å²) in [6, 6.07) is 5.01. The average Bonchev–Trinajstić information content (AvgIpc) is 2.55. The van der Waals surface area contributed by atoms with Crippen LogP contribution in [0.25, 0.3) is 0 Å². The first-order valence-corrected chi connectivity index (χ1v) is 8.11. The maximum atomic E-state index is 13.0. The molecule has 0 fully saturated rings. The standard InChI is InChI=1S/C16H19FN2O3.C3H8/c1-4-9-19(2)11-15(20)18-14(10-16(21)22-3)12-5-7-13(17)8-6-12;1-3-2/h1,5-8,14H,9-11H2,2-3H3,(H,18,20);3H2,1-2H3. The lowest BCUT2D eigenvalue weighted by molar-refractivity contribution is -0.141. The van der Waals surface area contributed by atoms with Gasteiger partial charge in [0.05, 0.1) is 32.7 Å². The molecule has 0 spiro atoms. The highest BCUT2D eigenvalue weighted by Gasteiger charge is 2.19. The molecule has 5 nitrogen and oxygen atoms in total. The second-order valence-electron chi connectivity index (χ2n) is 5.54. The molecule has 1 amide bonds. The number of hydrogen-bond donors (Lipinski definition) is 1. The van der Waals surface area contributed by atoms with Crippen LogP contribution in [0.2, 0.25) is 0 Å². The number of terminal acetylenes is 1. The second-order valence-corrected chi connectivity index (χ2v) is 5.54. The van der Waals surface area contributed by atoms with Gasteiger partial charge in [-0.3, -0.25) is 14.5 Å². The van der Waals surface area contributed by atoms with E-state index in [1.165, 1.54) is 37.8 Å². The third-order valence-corrected chi connectivity index (χ3v) is 2.98. The average molecular weight is 350 g/mol. The first kappa shape index (κ1) is 22.6. The highest BCUT2D eigenvalue weighted by Crippen LogP contribution is 2.18. The molecule has 138 valence electrons. The van der Waals surface area contributed by atoms with Crippen LogP contribution in [0.5, 0.6) is 0 Å². The number of carbonyl (C=O) groups is 2. The summed E-state index contributed by atoms with van der Waals surface area (Å²) < 4.78 is 17.6. The van der Waals surface area contributed by atoms with E-state index in [1.807, 2.05) is 0 Å². The molecule has 1 rings (SSSR count). The Morgan fingerprint density at radius 2 is 1.88 bits per heavy atom. The smallest absolute Gasteiger partial charge is 0.307 e. The van der Waals surface area contributed by atoms with Gasteiger partial charge in [-0.2, -0.15) is 0 Å². The summed E-state index contributed by atoms with van der Waals surface area (Å²) in [6.07, 6.45) is 6.39. The quantitative estimate of drug-likeness (QED) is 0.606. The molecular weight excluding hydrogens is 323 g/mol. The molecule has 0 aromatic heterocycles. The minimum Gasteiger partial charge on any atom is -0.469 e. The monoisotopic (exact) mass is 350 g/mol. The highest BCUT2D eigenvalue weighted by molar-refractivity contribution is 5.79. The second kappa shape index (κ2) is 13.0. The van der Waals surface area contributed by atoms with Crippen molar-refractivity contribution in [3.05, 3.63) is 35.6 Å². The number of nitrogens with one attached hydrogen (secondary N) is 1. The van der Waals surface area contributed by atoms with Gasteiger partial charge in [0.25, 0.3) is 0 Å². The summed E-state index contributed by atoms with van der Waals surface area (Å²) in [7, 11) is 2.99. The lowest BCUT2D eigenvalue weighted by Crippen LogP contribution is -2.38. The number of benzene rings is 1. The van der Waals surface area contributed by atoms with Gasteiger partial charge >= 0.3 is 5.97 Å². The zero-order valence-electron chi connectivity index (χ0n) is 15.3. The van der Waals surface area contributed by atoms with Crippen molar-refractivity contribution in [2.75, 3.05) is 27.2 Å². The van der Waals surface area contributed by atoms with E-state index in [0.29, 0.717) is 12.1 Å². The summed E-state index contributed by atoms with van der Waals surface area (Å²) in [5.41, 5.74) is 0.625. The van der Waals surface area contributed by atoms with E-state index in [2.05, 4.69) is 29.8 Å². The van der Waals surface area contributed by atoms with Crippen molar-refractivity contribution in [3.63, 3.8) is 0 Å². The zero-order valence-corrected chi connectivity index (χ0v) is 15.3. The predicted molar refractivity (Wildman–Crippen MR) is 96.2 cm³/mol. The Morgan fingerprint density at radius 3 is 2.36 bits per heavy atom. The first-order chi connectivity index (χ1) is 11.9. The molecule has 0 radical (unpaired) electrons. The maximum absolute atomic E-state index is 13.0. The molecule has 1 aromatic rings. The predicted octanol–water partition coefficient (Wildman–Crippen LogP) is 2.53. The van der Waals surface area contributed by atoms with E-state index >= 15 is 0 Å². The van der Waals surface area contributed by atoms with Crippen LogP contribution in [-0.4, -0.2) is 44.0 Å². The topological polar surface area (TPSA) is 58.6 Å². The molecule has 1 N–H and O–H groups in total. The summed E-state index contributed by atoms with van der Waals surface area (Å²) >= 11 is 0. The molecule has 0 bridgehead atoms. The summed E-state index contributed by atoms with van der Waals surface area (Å²) in [5, 5.41) is 2.73. The van der Waals surface area contributed by atoms with Crippen molar-refractivity contribution in [1.29, 1.82) is 0 Å². The molecule has 25 heavy (non-hydrogen) atoms. The molecule has 0 saturated carbocycles. The molecule has 0 aliphatic carbocycles. The van der Waals surface area contributed by atoms with Gasteiger partial charge in [-0.05, 0) is 24.7 Å². The fourth-order valence-electron chi connectivity index (χ4n) is 1.89. The van der Waals surface area contributed by atoms with Gasteiger partial charge in [0.15, 0.2) is 0 Å². The minimum absolute atomic E-state index is 0.0350. The van der Waals surface area contributed by atoms with E-state index in [9.17, 15) is 14.0 Å². The van der Waals surface area contributed by atoms with Crippen LogP contribution in [0.4, 0.5) is 4.39 Å². The highest BCUT2D eigenvalue weighted by atomic mass is 19.1. The van der Waals surface area contributed by atoms with E-state index in [1.54, 1.807) is 11.9 Å². The Balaban J connectivity index is 0.00000178. The lowest BCUT2D eigenvalue weighted by atomic mass is 10.0. The SMILES string of the molecule is C#CCN(C)CC(=O)NC(CC(=O)OC)c1ccc(F)cc1.CCC. The van der Waals surface area contributed by atoms with Gasteiger partial charge in [-0.1, -0.05) is 38.3 Å². The third-order valence-electron chi connectivity index (χ3n) is 2.98. The van der Waals surface area contributed by atoms with Crippen molar-refractivity contribution in [2.24, 2.45) is 0 Å². The number of hydrogen-bond acceptors (Lipinski definition) is 4. The number of rotatable bonds is 7. The van der Waals surface area contributed by atoms with Crippen LogP contribution >= 0.6 is 0 Å². The van der Waals surface area contributed by atoms with E-state index in [-0.39, 0.29) is 24.7 Å². The van der Waals surface area contributed by atoms with Crippen LogP contribution in [0.15, 0.2) is 24.3 Å². The molecule has 1 unspecified atom stereocenters. The maximum Gasteiger partial charge on any atom is 0.307 e. The molecular formula is C19H27FN2O3. The minimum atomic E-state index is -0.584. The van der Waals surface area contributed by atoms with Crippen molar-refractivity contribution in [2.45, 2.75) is 32.7 Å². The zero-order chi connectivity index (χ0) is 19.2. The van der Waals surface area contributed by atoms with Gasteiger partial charge < -0.3 is 10.1 Å². The number of ether oxygens (including phenoxy) is 1. The molecule has 0 heterocycles. The van der Waals surface area contributed by atoms with Gasteiger partial charge in [0.2, 0.25) is 5.91 Å². The third kappa shape index (κ3) is 10.2. The van der Waals surface area contributed by atoms with Crippen molar-refractivity contribution in [1.82, 2.24) is 10.2 Å². The number of amides is 1. The Bertz CT molecular complexity index is 567. The first-order valence-electron chi connectivity index (χ1n) is 8.11. The molecule has 0 saturated heterocycles. The van der Waals surface area contributed by atoms with Gasteiger partial charge in [-0.25, -0.2) is 4.39 Å². The fourth-order valence-corrected chi connectivity index (χ4v) is 1.89. The number of halogens is 1. The number of nitrogens with zero attached hydrogens (tertiary/aromatic N) is 1. The van der Waals surface area contributed by atoms with Gasteiger partial charge in [0.1, 0.15) is 5.82 Å².